The first kappa shape index (κ1) is 9.12. The van der Waals surface area contributed by atoms with Crippen molar-refractivity contribution in [3.63, 3.8) is 0 Å². The molecule has 4 heteroatoms. The third kappa shape index (κ3) is 2.23. The second kappa shape index (κ2) is 3.62. The molecule has 1 rings (SSSR count). The molecule has 0 spiro atoms. The summed E-state index contributed by atoms with van der Waals surface area (Å²) in [5.41, 5.74) is 11.8. The molecule has 0 saturated heterocycles. The van der Waals surface area contributed by atoms with Gasteiger partial charge in [0.05, 0.1) is 17.1 Å². The van der Waals surface area contributed by atoms with E-state index in [1.807, 2.05) is 0 Å². The van der Waals surface area contributed by atoms with Gasteiger partial charge in [-0.25, -0.2) is 0 Å². The van der Waals surface area contributed by atoms with Crippen LogP contribution in [0.2, 0.25) is 0 Å². The Balaban J connectivity index is 2.81. The summed E-state index contributed by atoms with van der Waals surface area (Å²) in [6.07, 6.45) is 0. The van der Waals surface area contributed by atoms with Crippen LogP contribution in [0.25, 0.3) is 0 Å². The topological polar surface area (TPSA) is 81.1 Å². The van der Waals surface area contributed by atoms with Crippen molar-refractivity contribution < 1.29 is 4.79 Å². The van der Waals surface area contributed by atoms with E-state index < -0.39 is 5.91 Å². The smallest absolute Gasteiger partial charge is 0.270 e. The fourth-order valence-electron chi connectivity index (χ4n) is 0.813. The Labute approximate surface area is 76.2 Å². The van der Waals surface area contributed by atoms with Gasteiger partial charge in [-0.2, -0.15) is 0 Å². The van der Waals surface area contributed by atoms with Crippen LogP contribution in [0.15, 0.2) is 36.5 Å². The highest BCUT2D eigenvalue weighted by molar-refractivity contribution is 6.04. The molecule has 1 amide bonds. The zero-order valence-electron chi connectivity index (χ0n) is 7.08. The third-order valence-corrected chi connectivity index (χ3v) is 1.50. The van der Waals surface area contributed by atoms with Gasteiger partial charge in [0.15, 0.2) is 0 Å². The molecule has 1 aromatic rings. The van der Waals surface area contributed by atoms with Gasteiger partial charge < -0.3 is 16.8 Å². The zero-order valence-corrected chi connectivity index (χ0v) is 7.08. The summed E-state index contributed by atoms with van der Waals surface area (Å²) in [5, 5.41) is 2.52. The van der Waals surface area contributed by atoms with Crippen molar-refractivity contribution in [1.29, 1.82) is 0 Å². The Kier molecular flexibility index (Phi) is 2.54. The van der Waals surface area contributed by atoms with Gasteiger partial charge in [-0.15, -0.1) is 0 Å². The van der Waals surface area contributed by atoms with E-state index in [0.29, 0.717) is 11.4 Å². The molecule has 0 radical (unpaired) electrons. The third-order valence-electron chi connectivity index (χ3n) is 1.50. The quantitative estimate of drug-likeness (QED) is 0.459. The number of benzene rings is 1. The molecule has 0 bridgehead atoms. The lowest BCUT2D eigenvalue weighted by molar-refractivity contribution is -0.112. The highest BCUT2D eigenvalue weighted by Gasteiger charge is 2.04. The molecule has 0 fully saturated rings. The highest BCUT2D eigenvalue weighted by atomic mass is 16.1. The summed E-state index contributed by atoms with van der Waals surface area (Å²) < 4.78 is 0. The first-order valence-corrected chi connectivity index (χ1v) is 3.71. The lowest BCUT2D eigenvalue weighted by atomic mass is 10.2. The number of nitrogens with two attached hydrogens (primary N) is 2. The average Bonchev–Trinajstić information content (AvgIpc) is 2.08. The summed E-state index contributed by atoms with van der Waals surface area (Å²) in [5.74, 6) is -0.432. The van der Waals surface area contributed by atoms with Crippen molar-refractivity contribution in [2.24, 2.45) is 5.73 Å². The van der Waals surface area contributed by atoms with Crippen LogP contribution in [-0.4, -0.2) is 5.91 Å². The first-order valence-electron chi connectivity index (χ1n) is 3.71. The minimum absolute atomic E-state index is 0.0387. The second-order valence-electron chi connectivity index (χ2n) is 2.57. The number of rotatable bonds is 2. The van der Waals surface area contributed by atoms with E-state index in [4.69, 9.17) is 11.5 Å². The van der Waals surface area contributed by atoms with Gasteiger partial charge in [-0.05, 0) is 12.1 Å². The van der Waals surface area contributed by atoms with E-state index in [1.165, 1.54) is 0 Å². The van der Waals surface area contributed by atoms with Gasteiger partial charge in [0, 0.05) is 0 Å². The lowest BCUT2D eigenvalue weighted by Crippen LogP contribution is -2.19. The number of anilines is 2. The number of hydrogen-bond donors (Lipinski definition) is 3. The van der Waals surface area contributed by atoms with E-state index in [-0.39, 0.29) is 5.70 Å². The van der Waals surface area contributed by atoms with E-state index in [0.717, 1.165) is 0 Å². The molecule has 0 heterocycles. The number of nitrogen functional groups attached to an aromatic ring is 1. The van der Waals surface area contributed by atoms with E-state index in [2.05, 4.69) is 11.9 Å². The van der Waals surface area contributed by atoms with Crippen LogP contribution in [-0.2, 0) is 4.79 Å². The van der Waals surface area contributed by atoms with Crippen LogP contribution in [0, 0.1) is 0 Å². The maximum absolute atomic E-state index is 11.1. The van der Waals surface area contributed by atoms with Crippen molar-refractivity contribution in [2.45, 2.75) is 0 Å². The average molecular weight is 177 g/mol. The number of para-hydroxylation sites is 2. The van der Waals surface area contributed by atoms with Crippen LogP contribution in [0.3, 0.4) is 0 Å². The van der Waals surface area contributed by atoms with Gasteiger partial charge >= 0.3 is 0 Å². The molecular formula is C9H11N3O. The van der Waals surface area contributed by atoms with E-state index in [1.54, 1.807) is 24.3 Å². The number of hydrogen-bond acceptors (Lipinski definition) is 3. The van der Waals surface area contributed by atoms with Crippen molar-refractivity contribution in [3.8, 4) is 0 Å². The molecule has 0 atom stereocenters. The van der Waals surface area contributed by atoms with Gasteiger partial charge in [0.2, 0.25) is 0 Å². The largest absolute Gasteiger partial charge is 0.397 e. The predicted octanol–water partition coefficient (Wildman–Crippen LogP) is 0.680. The molecule has 0 aliphatic heterocycles. The van der Waals surface area contributed by atoms with Crippen LogP contribution in [0.4, 0.5) is 11.4 Å². The molecule has 68 valence electrons. The second-order valence-corrected chi connectivity index (χ2v) is 2.57. The molecule has 0 aromatic heterocycles. The summed E-state index contributed by atoms with van der Waals surface area (Å²) in [7, 11) is 0. The summed E-state index contributed by atoms with van der Waals surface area (Å²) in [6.45, 7) is 3.31. The number of amides is 1. The van der Waals surface area contributed by atoms with Crippen LogP contribution >= 0.6 is 0 Å². The Morgan fingerprint density at radius 2 is 2.00 bits per heavy atom. The molecule has 4 nitrogen and oxygen atoms in total. The van der Waals surface area contributed by atoms with Gasteiger partial charge in [0.25, 0.3) is 5.91 Å². The maximum atomic E-state index is 11.1. The predicted molar refractivity (Wildman–Crippen MR) is 52.8 cm³/mol. The molecule has 0 aliphatic carbocycles. The normalized spacial score (nSPS) is 9.23. The maximum Gasteiger partial charge on any atom is 0.270 e. The van der Waals surface area contributed by atoms with Gasteiger partial charge in [-0.1, -0.05) is 18.7 Å². The Bertz CT molecular complexity index is 346. The number of carbonyl (C=O) groups is 1. The van der Waals surface area contributed by atoms with Crippen LogP contribution < -0.4 is 16.8 Å². The summed E-state index contributed by atoms with van der Waals surface area (Å²) >= 11 is 0. The minimum Gasteiger partial charge on any atom is -0.397 e. The van der Waals surface area contributed by atoms with Crippen LogP contribution in [0.1, 0.15) is 0 Å². The van der Waals surface area contributed by atoms with Crippen molar-refractivity contribution in [3.05, 3.63) is 36.5 Å². The molecule has 5 N–H and O–H groups in total. The standard InChI is InChI=1S/C9H11N3O/c1-6(10)9(13)12-8-5-3-2-4-7(8)11/h2-5H,1,10-11H2,(H,12,13). The van der Waals surface area contributed by atoms with E-state index >= 15 is 0 Å². The molecule has 0 saturated carbocycles. The van der Waals surface area contributed by atoms with Gasteiger partial charge in [0.1, 0.15) is 0 Å². The fraction of sp³-hybridized carbons (Fsp3) is 0. The van der Waals surface area contributed by atoms with Gasteiger partial charge in [-0.3, -0.25) is 4.79 Å². The van der Waals surface area contributed by atoms with Crippen molar-refractivity contribution in [2.75, 3.05) is 11.1 Å². The molecule has 0 aliphatic rings. The summed E-state index contributed by atoms with van der Waals surface area (Å²) in [6, 6.07) is 6.93. The minimum atomic E-state index is -0.432. The SMILES string of the molecule is C=C(N)C(=O)Nc1ccccc1N. The first-order chi connectivity index (χ1) is 6.11. The monoisotopic (exact) mass is 177 g/mol. The number of nitrogens with one attached hydrogen (secondary N) is 1. The van der Waals surface area contributed by atoms with E-state index in [9.17, 15) is 4.79 Å². The Morgan fingerprint density at radius 3 is 2.54 bits per heavy atom. The molecular weight excluding hydrogens is 166 g/mol. The van der Waals surface area contributed by atoms with Crippen molar-refractivity contribution >= 4 is 17.3 Å². The molecule has 1 aromatic carbocycles. The molecule has 13 heavy (non-hydrogen) atoms. The zero-order chi connectivity index (χ0) is 9.84. The molecule has 0 unspecified atom stereocenters. The van der Waals surface area contributed by atoms with Crippen molar-refractivity contribution in [1.82, 2.24) is 0 Å². The number of carbonyl (C=O) groups excluding carboxylic acids is 1. The Hall–Kier alpha value is -1.97. The lowest BCUT2D eigenvalue weighted by Gasteiger charge is -2.06. The fourth-order valence-corrected chi connectivity index (χ4v) is 0.813. The highest BCUT2D eigenvalue weighted by Crippen LogP contribution is 2.16. The summed E-state index contributed by atoms with van der Waals surface area (Å²) in [4.78, 5) is 11.1. The van der Waals surface area contributed by atoms with Crippen LogP contribution in [0.5, 0.6) is 0 Å². The Morgan fingerprint density at radius 1 is 1.38 bits per heavy atom.